The van der Waals surface area contributed by atoms with E-state index in [2.05, 4.69) is 47.9 Å². The van der Waals surface area contributed by atoms with Crippen molar-refractivity contribution in [3.05, 3.63) is 54.1 Å². The molecule has 0 saturated carbocycles. The van der Waals surface area contributed by atoms with Gasteiger partial charge in [0.1, 0.15) is 11.6 Å². The summed E-state index contributed by atoms with van der Waals surface area (Å²) in [7, 11) is -3.72. The van der Waals surface area contributed by atoms with Crippen LogP contribution >= 0.6 is 0 Å². The van der Waals surface area contributed by atoms with Crippen LogP contribution in [-0.4, -0.2) is 33.3 Å². The fourth-order valence-corrected chi connectivity index (χ4v) is 4.41. The van der Waals surface area contributed by atoms with Crippen molar-refractivity contribution in [2.24, 2.45) is 4.99 Å². The number of anilines is 1. The molecule has 7 nitrogen and oxygen atoms in total. The van der Waals surface area contributed by atoms with Crippen LogP contribution in [0.25, 0.3) is 0 Å². The largest absolute Gasteiger partial charge is 0.494 e. The molecule has 2 aromatic rings. The van der Waals surface area contributed by atoms with Gasteiger partial charge in [-0.2, -0.15) is 0 Å². The molecule has 3 rings (SSSR count). The van der Waals surface area contributed by atoms with Crippen molar-refractivity contribution in [2.45, 2.75) is 56.8 Å². The summed E-state index contributed by atoms with van der Waals surface area (Å²) in [5, 5.41) is 2.75. The quantitative estimate of drug-likeness (QED) is 0.579. The van der Waals surface area contributed by atoms with E-state index in [4.69, 9.17) is 4.74 Å². The first-order valence-corrected chi connectivity index (χ1v) is 12.3. The van der Waals surface area contributed by atoms with E-state index in [1.54, 1.807) is 12.1 Å². The molecule has 0 aromatic heterocycles. The minimum Gasteiger partial charge on any atom is -0.494 e. The van der Waals surface area contributed by atoms with Gasteiger partial charge < -0.3 is 10.1 Å². The number of nitrogens with zero attached hydrogens (tertiary/aromatic N) is 1. The number of benzene rings is 2. The predicted octanol–water partition coefficient (Wildman–Crippen LogP) is 4.25. The van der Waals surface area contributed by atoms with Crippen LogP contribution in [0.3, 0.4) is 0 Å². The molecular formula is C24H31N3O4S. The molecular weight excluding hydrogens is 426 g/mol. The Morgan fingerprint density at radius 2 is 1.88 bits per heavy atom. The molecule has 1 aliphatic heterocycles. The highest BCUT2D eigenvalue weighted by molar-refractivity contribution is 7.90. The minimum atomic E-state index is -3.72. The van der Waals surface area contributed by atoms with Crippen molar-refractivity contribution in [1.82, 2.24) is 4.72 Å². The first-order chi connectivity index (χ1) is 15.1. The molecule has 0 unspecified atom stereocenters. The Morgan fingerprint density at radius 3 is 2.53 bits per heavy atom. The van der Waals surface area contributed by atoms with Crippen LogP contribution in [0, 0.1) is 0 Å². The molecule has 1 heterocycles. The average Bonchev–Trinajstić information content (AvgIpc) is 3.23. The lowest BCUT2D eigenvalue weighted by atomic mass is 9.87. The molecule has 1 aliphatic rings. The van der Waals surface area contributed by atoms with Crippen LogP contribution in [0.2, 0.25) is 0 Å². The summed E-state index contributed by atoms with van der Waals surface area (Å²) < 4.78 is 33.3. The highest BCUT2D eigenvalue weighted by Crippen LogP contribution is 2.24. The van der Waals surface area contributed by atoms with Crippen LogP contribution in [0.1, 0.15) is 52.0 Å². The summed E-state index contributed by atoms with van der Waals surface area (Å²) in [6.45, 7) is 7.54. The number of hydrogen-bond donors (Lipinski definition) is 2. The molecule has 2 aromatic carbocycles. The van der Waals surface area contributed by atoms with E-state index < -0.39 is 10.0 Å². The SMILES string of the molecule is CC(C)(C)c1ccc(OCCCC(=O)Nc2cccc(S(=O)(=O)NC3=NCCC3)c2)cc1. The monoisotopic (exact) mass is 457 g/mol. The number of carbonyl (C=O) groups is 1. The van der Waals surface area contributed by atoms with Crippen molar-refractivity contribution in [3.8, 4) is 5.75 Å². The van der Waals surface area contributed by atoms with Gasteiger partial charge in [-0.25, -0.2) is 8.42 Å². The van der Waals surface area contributed by atoms with E-state index in [0.29, 0.717) is 37.5 Å². The number of carbonyl (C=O) groups excluding carboxylic acids is 1. The second kappa shape index (κ2) is 10.2. The summed E-state index contributed by atoms with van der Waals surface area (Å²) in [5.74, 6) is 1.06. The van der Waals surface area contributed by atoms with E-state index in [0.717, 1.165) is 12.2 Å². The average molecular weight is 458 g/mol. The second-order valence-corrected chi connectivity index (χ2v) is 10.5. The predicted molar refractivity (Wildman–Crippen MR) is 127 cm³/mol. The van der Waals surface area contributed by atoms with Crippen LogP contribution in [0.5, 0.6) is 5.75 Å². The summed E-state index contributed by atoms with van der Waals surface area (Å²) in [4.78, 5) is 16.5. The molecule has 0 bridgehead atoms. The first kappa shape index (κ1) is 23.8. The molecule has 172 valence electrons. The Hall–Kier alpha value is -2.87. The summed E-state index contributed by atoms with van der Waals surface area (Å²) in [6.07, 6.45) is 2.29. The zero-order chi connectivity index (χ0) is 23.2. The van der Waals surface area contributed by atoms with Crippen molar-refractivity contribution >= 4 is 27.5 Å². The highest BCUT2D eigenvalue weighted by atomic mass is 32.2. The van der Waals surface area contributed by atoms with Gasteiger partial charge in [0.2, 0.25) is 5.91 Å². The number of amidine groups is 1. The zero-order valence-electron chi connectivity index (χ0n) is 18.8. The van der Waals surface area contributed by atoms with Crippen LogP contribution < -0.4 is 14.8 Å². The lowest BCUT2D eigenvalue weighted by molar-refractivity contribution is -0.116. The highest BCUT2D eigenvalue weighted by Gasteiger charge is 2.19. The van der Waals surface area contributed by atoms with Crippen LogP contribution in [0.15, 0.2) is 58.4 Å². The minimum absolute atomic E-state index is 0.0898. The summed E-state index contributed by atoms with van der Waals surface area (Å²) >= 11 is 0. The molecule has 32 heavy (non-hydrogen) atoms. The van der Waals surface area contributed by atoms with Gasteiger partial charge in [0.15, 0.2) is 0 Å². The zero-order valence-corrected chi connectivity index (χ0v) is 19.7. The van der Waals surface area contributed by atoms with E-state index in [-0.39, 0.29) is 22.6 Å². The van der Waals surface area contributed by atoms with Gasteiger partial charge in [-0.15, -0.1) is 0 Å². The lowest BCUT2D eigenvalue weighted by Crippen LogP contribution is -2.29. The standard InChI is InChI=1S/C24H31N3O4S/c1-24(2,3)18-11-13-20(14-12-18)31-16-6-10-23(28)26-19-7-4-8-21(17-19)32(29,30)27-22-9-5-15-25-22/h4,7-8,11-14,17H,5-6,9-10,15-16H2,1-3H3,(H,25,27)(H,26,28). The van der Waals surface area contributed by atoms with Gasteiger partial charge in [-0.3, -0.25) is 14.5 Å². The topological polar surface area (TPSA) is 96.9 Å². The molecule has 0 spiro atoms. The van der Waals surface area contributed by atoms with Crippen molar-refractivity contribution in [1.29, 1.82) is 0 Å². The maximum Gasteiger partial charge on any atom is 0.262 e. The third-order valence-electron chi connectivity index (χ3n) is 5.09. The first-order valence-electron chi connectivity index (χ1n) is 10.8. The van der Waals surface area contributed by atoms with E-state index in [1.807, 2.05) is 12.1 Å². The Labute approximate surface area is 190 Å². The number of ether oxygens (including phenoxy) is 1. The molecule has 0 radical (unpaired) electrons. The number of sulfonamides is 1. The maximum atomic E-state index is 12.5. The van der Waals surface area contributed by atoms with Crippen molar-refractivity contribution in [2.75, 3.05) is 18.5 Å². The Balaban J connectivity index is 1.46. The number of amides is 1. The summed E-state index contributed by atoms with van der Waals surface area (Å²) in [5.41, 5.74) is 1.76. The Kier molecular flexibility index (Phi) is 7.56. The van der Waals surface area contributed by atoms with Gasteiger partial charge in [0.25, 0.3) is 10.0 Å². The molecule has 8 heteroatoms. The van der Waals surface area contributed by atoms with Gasteiger partial charge >= 0.3 is 0 Å². The fraction of sp³-hybridized carbons (Fsp3) is 0.417. The second-order valence-electron chi connectivity index (χ2n) is 8.84. The molecule has 0 atom stereocenters. The van der Waals surface area contributed by atoms with E-state index in [9.17, 15) is 13.2 Å². The number of hydrogen-bond acceptors (Lipinski definition) is 5. The summed E-state index contributed by atoms with van der Waals surface area (Å²) in [6, 6.07) is 14.2. The third kappa shape index (κ3) is 6.82. The van der Waals surface area contributed by atoms with Gasteiger partial charge in [-0.05, 0) is 54.2 Å². The number of aliphatic imine (C=N–C) groups is 1. The van der Waals surface area contributed by atoms with Gasteiger partial charge in [0.05, 0.1) is 11.5 Å². The normalized spacial score (nSPS) is 14.0. The maximum absolute atomic E-state index is 12.5. The molecule has 1 amide bonds. The molecule has 0 fully saturated rings. The number of rotatable bonds is 8. The molecule has 0 aliphatic carbocycles. The molecule has 2 N–H and O–H groups in total. The van der Waals surface area contributed by atoms with Gasteiger partial charge in [0, 0.05) is 25.1 Å². The lowest BCUT2D eigenvalue weighted by Gasteiger charge is -2.19. The van der Waals surface area contributed by atoms with Crippen LogP contribution in [0.4, 0.5) is 5.69 Å². The Morgan fingerprint density at radius 1 is 1.12 bits per heavy atom. The fourth-order valence-electron chi connectivity index (χ4n) is 3.28. The van der Waals surface area contributed by atoms with Crippen molar-refractivity contribution < 1.29 is 17.9 Å². The number of nitrogens with one attached hydrogen (secondary N) is 2. The smallest absolute Gasteiger partial charge is 0.262 e. The third-order valence-corrected chi connectivity index (χ3v) is 6.47. The van der Waals surface area contributed by atoms with E-state index in [1.165, 1.54) is 17.7 Å². The Bertz CT molecular complexity index is 1070. The van der Waals surface area contributed by atoms with E-state index >= 15 is 0 Å². The van der Waals surface area contributed by atoms with Gasteiger partial charge in [-0.1, -0.05) is 39.0 Å². The van der Waals surface area contributed by atoms with Crippen molar-refractivity contribution in [3.63, 3.8) is 0 Å². The van der Waals surface area contributed by atoms with Crippen LogP contribution in [-0.2, 0) is 20.2 Å². The molecule has 0 saturated heterocycles.